The van der Waals surface area contributed by atoms with E-state index in [4.69, 9.17) is 4.74 Å². The highest BCUT2D eigenvalue weighted by molar-refractivity contribution is 5.94. The number of halogens is 3. The van der Waals surface area contributed by atoms with E-state index >= 15 is 0 Å². The normalized spacial score (nSPS) is 14.6. The minimum absolute atomic E-state index is 0.0235. The zero-order valence-corrected chi connectivity index (χ0v) is 18.1. The average Bonchev–Trinajstić information content (AvgIpc) is 2.77. The number of benzene rings is 1. The van der Waals surface area contributed by atoms with Crippen molar-refractivity contribution in [1.82, 2.24) is 14.8 Å². The molecule has 1 fully saturated rings. The van der Waals surface area contributed by atoms with Gasteiger partial charge in [-0.2, -0.15) is 13.2 Å². The number of nitrogens with zero attached hydrogens (tertiary/aromatic N) is 3. The number of piperazine rings is 1. The van der Waals surface area contributed by atoms with E-state index in [0.29, 0.717) is 56.0 Å². The lowest BCUT2D eigenvalue weighted by atomic mass is 10.1. The summed E-state index contributed by atoms with van der Waals surface area (Å²) in [5, 5.41) is 0. The van der Waals surface area contributed by atoms with Gasteiger partial charge in [-0.05, 0) is 42.7 Å². The predicted octanol–water partition coefficient (Wildman–Crippen LogP) is 4.61. The Morgan fingerprint density at radius 2 is 1.62 bits per heavy atom. The number of alkyl halides is 3. The first kappa shape index (κ1) is 23.6. The quantitative estimate of drug-likeness (QED) is 0.646. The van der Waals surface area contributed by atoms with Gasteiger partial charge in [0.25, 0.3) is 5.91 Å². The van der Waals surface area contributed by atoms with E-state index in [1.807, 2.05) is 0 Å². The van der Waals surface area contributed by atoms with Crippen LogP contribution in [0.5, 0.6) is 11.6 Å². The molecular formula is C23H26F3N3O3. The fourth-order valence-electron chi connectivity index (χ4n) is 3.31. The number of aromatic nitrogens is 1. The van der Waals surface area contributed by atoms with Crippen LogP contribution in [-0.4, -0.2) is 52.8 Å². The maximum Gasteiger partial charge on any atom is 0.417 e. The Balaban J connectivity index is 1.53. The summed E-state index contributed by atoms with van der Waals surface area (Å²) in [5.74, 6) is 0.844. The van der Waals surface area contributed by atoms with Crippen molar-refractivity contribution in [3.8, 4) is 11.6 Å². The fourth-order valence-corrected chi connectivity index (χ4v) is 3.31. The Hall–Kier alpha value is -3.10. The highest BCUT2D eigenvalue weighted by Gasteiger charge is 2.30. The molecule has 0 atom stereocenters. The van der Waals surface area contributed by atoms with Crippen molar-refractivity contribution in [2.75, 3.05) is 26.2 Å². The van der Waals surface area contributed by atoms with Gasteiger partial charge in [0.15, 0.2) is 0 Å². The molecule has 32 heavy (non-hydrogen) atoms. The standard InChI is InChI=1S/C23H26F3N3O3/c1-16(2)3-10-21(30)28-11-13-29(14-12-28)22(31)17-4-7-19(8-5-17)32-20-9-6-18(15-27-20)23(24,25)26/h4-9,15-16H,3,10-14H2,1-2H3. The summed E-state index contributed by atoms with van der Waals surface area (Å²) < 4.78 is 43.3. The summed E-state index contributed by atoms with van der Waals surface area (Å²) in [4.78, 5) is 32.2. The summed E-state index contributed by atoms with van der Waals surface area (Å²) >= 11 is 0. The van der Waals surface area contributed by atoms with Crippen LogP contribution in [0.25, 0.3) is 0 Å². The van der Waals surface area contributed by atoms with Crippen molar-refractivity contribution in [3.63, 3.8) is 0 Å². The van der Waals surface area contributed by atoms with E-state index in [2.05, 4.69) is 18.8 Å². The lowest BCUT2D eigenvalue weighted by molar-refractivity contribution is -0.138. The molecule has 0 aliphatic carbocycles. The number of amides is 2. The van der Waals surface area contributed by atoms with Crippen LogP contribution in [0.3, 0.4) is 0 Å². The number of hydrogen-bond donors (Lipinski definition) is 0. The Labute approximate surface area is 185 Å². The highest BCUT2D eigenvalue weighted by atomic mass is 19.4. The third-order valence-electron chi connectivity index (χ3n) is 5.24. The van der Waals surface area contributed by atoms with E-state index < -0.39 is 11.7 Å². The molecule has 6 nitrogen and oxygen atoms in total. The van der Waals surface area contributed by atoms with Crippen molar-refractivity contribution in [2.24, 2.45) is 5.92 Å². The zero-order valence-electron chi connectivity index (χ0n) is 18.1. The monoisotopic (exact) mass is 449 g/mol. The SMILES string of the molecule is CC(C)CCC(=O)N1CCN(C(=O)c2ccc(Oc3ccc(C(F)(F)F)cn3)cc2)CC1. The van der Waals surface area contributed by atoms with Gasteiger partial charge in [-0.25, -0.2) is 4.98 Å². The first-order valence-electron chi connectivity index (χ1n) is 10.5. The van der Waals surface area contributed by atoms with Gasteiger partial charge in [-0.3, -0.25) is 9.59 Å². The van der Waals surface area contributed by atoms with Gasteiger partial charge >= 0.3 is 6.18 Å². The van der Waals surface area contributed by atoms with Crippen LogP contribution in [0.1, 0.15) is 42.6 Å². The maximum absolute atomic E-state index is 12.8. The molecule has 0 unspecified atom stereocenters. The van der Waals surface area contributed by atoms with Gasteiger partial charge < -0.3 is 14.5 Å². The van der Waals surface area contributed by atoms with Crippen LogP contribution in [0.4, 0.5) is 13.2 Å². The number of hydrogen-bond acceptors (Lipinski definition) is 4. The molecule has 0 N–H and O–H groups in total. The van der Waals surface area contributed by atoms with Gasteiger partial charge in [0.2, 0.25) is 11.8 Å². The molecule has 0 radical (unpaired) electrons. The van der Waals surface area contributed by atoms with Crippen molar-refractivity contribution < 1.29 is 27.5 Å². The van der Waals surface area contributed by atoms with Crippen molar-refractivity contribution >= 4 is 11.8 Å². The molecule has 0 saturated carbocycles. The molecule has 9 heteroatoms. The molecule has 1 aliphatic rings. The second-order valence-corrected chi connectivity index (χ2v) is 8.11. The summed E-state index contributed by atoms with van der Waals surface area (Å²) in [6, 6.07) is 8.37. The van der Waals surface area contributed by atoms with Crippen LogP contribution in [0, 0.1) is 5.92 Å². The summed E-state index contributed by atoms with van der Waals surface area (Å²) in [7, 11) is 0. The van der Waals surface area contributed by atoms with Crippen LogP contribution in [-0.2, 0) is 11.0 Å². The molecule has 1 aromatic heterocycles. The van der Waals surface area contributed by atoms with Crippen LogP contribution in [0.2, 0.25) is 0 Å². The first-order valence-corrected chi connectivity index (χ1v) is 10.5. The van der Waals surface area contributed by atoms with Crippen LogP contribution < -0.4 is 4.74 Å². The number of carbonyl (C=O) groups excluding carboxylic acids is 2. The molecule has 2 heterocycles. The molecule has 3 rings (SSSR count). The molecule has 1 aromatic carbocycles. The molecule has 2 amide bonds. The van der Waals surface area contributed by atoms with E-state index in [0.717, 1.165) is 18.6 Å². The number of pyridine rings is 1. The fraction of sp³-hybridized carbons (Fsp3) is 0.435. The Kier molecular flexibility index (Phi) is 7.37. The second kappa shape index (κ2) is 10.0. The number of rotatable bonds is 6. The van der Waals surface area contributed by atoms with Gasteiger partial charge in [-0.15, -0.1) is 0 Å². The Morgan fingerprint density at radius 1 is 1.00 bits per heavy atom. The smallest absolute Gasteiger partial charge is 0.417 e. The number of ether oxygens (including phenoxy) is 1. The highest BCUT2D eigenvalue weighted by Crippen LogP contribution is 2.30. The second-order valence-electron chi connectivity index (χ2n) is 8.11. The van der Waals surface area contributed by atoms with Gasteiger partial charge in [0.05, 0.1) is 5.56 Å². The van der Waals surface area contributed by atoms with Gasteiger partial charge in [0, 0.05) is 50.4 Å². The predicted molar refractivity (Wildman–Crippen MR) is 112 cm³/mol. The lowest BCUT2D eigenvalue weighted by Crippen LogP contribution is -2.50. The zero-order chi connectivity index (χ0) is 23.3. The van der Waals surface area contributed by atoms with Crippen molar-refractivity contribution in [3.05, 3.63) is 53.7 Å². The summed E-state index contributed by atoms with van der Waals surface area (Å²) in [6.07, 6.45) is -2.36. The third kappa shape index (κ3) is 6.21. The van der Waals surface area contributed by atoms with Crippen molar-refractivity contribution in [1.29, 1.82) is 0 Å². The largest absolute Gasteiger partial charge is 0.439 e. The van der Waals surface area contributed by atoms with E-state index in [1.165, 1.54) is 0 Å². The van der Waals surface area contributed by atoms with E-state index in [9.17, 15) is 22.8 Å². The van der Waals surface area contributed by atoms with Crippen LogP contribution in [0.15, 0.2) is 42.6 Å². The van der Waals surface area contributed by atoms with E-state index in [1.54, 1.807) is 34.1 Å². The molecule has 1 saturated heterocycles. The Morgan fingerprint density at radius 3 is 2.16 bits per heavy atom. The summed E-state index contributed by atoms with van der Waals surface area (Å²) in [5.41, 5.74) is -0.384. The molecular weight excluding hydrogens is 423 g/mol. The lowest BCUT2D eigenvalue weighted by Gasteiger charge is -2.35. The van der Waals surface area contributed by atoms with Crippen LogP contribution >= 0.6 is 0 Å². The Bertz CT molecular complexity index is 920. The molecule has 0 bridgehead atoms. The van der Waals surface area contributed by atoms with E-state index in [-0.39, 0.29) is 17.7 Å². The van der Waals surface area contributed by atoms with Gasteiger partial charge in [0.1, 0.15) is 5.75 Å². The minimum atomic E-state index is -4.46. The van der Waals surface area contributed by atoms with Gasteiger partial charge in [-0.1, -0.05) is 13.8 Å². The average molecular weight is 449 g/mol. The molecule has 2 aromatic rings. The molecule has 0 spiro atoms. The molecule has 172 valence electrons. The van der Waals surface area contributed by atoms with Crippen molar-refractivity contribution in [2.45, 2.75) is 32.9 Å². The number of carbonyl (C=O) groups is 2. The first-order chi connectivity index (χ1) is 15.1. The topological polar surface area (TPSA) is 62.7 Å². The minimum Gasteiger partial charge on any atom is -0.439 e. The third-order valence-corrected chi connectivity index (χ3v) is 5.24. The summed E-state index contributed by atoms with van der Waals surface area (Å²) in [6.45, 7) is 6.15. The molecule has 1 aliphatic heterocycles. The maximum atomic E-state index is 12.8.